The molecule has 258 valence electrons. The molecule has 0 unspecified atom stereocenters. The quantitative estimate of drug-likeness (QED) is 0.163. The Labute approximate surface area is 321 Å². The minimum atomic E-state index is 0.649. The third-order valence-corrected chi connectivity index (χ3v) is 10.9. The van der Waals surface area contributed by atoms with Gasteiger partial charge in [0, 0.05) is 65.9 Å². The Morgan fingerprint density at radius 3 is 1.51 bits per heavy atom. The molecule has 0 aliphatic heterocycles. The zero-order valence-electron chi connectivity index (χ0n) is 29.4. The predicted molar refractivity (Wildman–Crippen MR) is 224 cm³/mol. The molecule has 6 nitrogen and oxygen atoms in total. The van der Waals surface area contributed by atoms with Crippen molar-refractivity contribution in [2.24, 2.45) is 0 Å². The Morgan fingerprint density at radius 1 is 0.364 bits per heavy atom. The maximum Gasteiger partial charge on any atom is 0.165 e. The first kappa shape index (κ1) is 32.4. The lowest BCUT2D eigenvalue weighted by atomic mass is 9.97. The Morgan fingerprint density at radius 2 is 0.891 bits per heavy atom. The molecule has 10 aromatic rings. The third kappa shape index (κ3) is 6.22. The minimum Gasteiger partial charge on any atom is -0.264 e. The number of hydrogen-bond donors (Lipinski definition) is 0. The van der Waals surface area contributed by atoms with Gasteiger partial charge in [-0.2, -0.15) is 0 Å². The second-order valence-electron chi connectivity index (χ2n) is 13.1. The van der Waals surface area contributed by atoms with Crippen molar-refractivity contribution >= 4 is 31.5 Å². The van der Waals surface area contributed by atoms with Gasteiger partial charge in [-0.25, -0.2) is 24.9 Å². The zero-order chi connectivity index (χ0) is 36.6. The standard InChI is InChI=1S/C48H30N6S/c1-4-13-33(14-5-1)45-50-40(29-41(51-45)36-19-12-28-49-30-36)32-26-24-31(25-27-32)37-20-11-23-42-43(37)38-21-10-22-39(44(38)55-42)48-53-46(34-15-6-2-7-16-34)52-47(54-48)35-17-8-3-9-18-35/h1-30H. The first-order chi connectivity index (χ1) is 27.2. The highest BCUT2D eigenvalue weighted by molar-refractivity contribution is 7.26. The smallest absolute Gasteiger partial charge is 0.165 e. The Hall–Kier alpha value is -7.22. The summed E-state index contributed by atoms with van der Waals surface area (Å²) in [5, 5.41) is 2.38. The van der Waals surface area contributed by atoms with Crippen LogP contribution in [0.2, 0.25) is 0 Å². The highest BCUT2D eigenvalue weighted by Crippen LogP contribution is 2.44. The maximum atomic E-state index is 5.06. The number of rotatable bonds is 7. The van der Waals surface area contributed by atoms with Crippen molar-refractivity contribution in [3.8, 4) is 79.2 Å². The van der Waals surface area contributed by atoms with Crippen LogP contribution in [0.5, 0.6) is 0 Å². The van der Waals surface area contributed by atoms with E-state index in [9.17, 15) is 0 Å². The lowest BCUT2D eigenvalue weighted by molar-refractivity contribution is 1.08. The van der Waals surface area contributed by atoms with E-state index in [4.69, 9.17) is 24.9 Å². The van der Waals surface area contributed by atoms with Crippen molar-refractivity contribution in [1.82, 2.24) is 29.9 Å². The number of nitrogens with zero attached hydrogens (tertiary/aromatic N) is 6. The molecule has 0 saturated carbocycles. The van der Waals surface area contributed by atoms with Crippen molar-refractivity contribution in [2.45, 2.75) is 0 Å². The average molecular weight is 723 g/mol. The molecule has 10 rings (SSSR count). The van der Waals surface area contributed by atoms with Gasteiger partial charge >= 0.3 is 0 Å². The Balaban J connectivity index is 1.08. The molecule has 0 spiro atoms. The van der Waals surface area contributed by atoms with E-state index in [2.05, 4.69) is 65.6 Å². The molecule has 0 aliphatic carbocycles. The number of fused-ring (bicyclic) bond motifs is 3. The molecular weight excluding hydrogens is 693 g/mol. The van der Waals surface area contributed by atoms with Crippen LogP contribution in [0, 0.1) is 0 Å². The van der Waals surface area contributed by atoms with Gasteiger partial charge < -0.3 is 0 Å². The van der Waals surface area contributed by atoms with Gasteiger partial charge in [0.25, 0.3) is 0 Å². The molecule has 0 bridgehead atoms. The summed E-state index contributed by atoms with van der Waals surface area (Å²) < 4.78 is 2.34. The van der Waals surface area contributed by atoms with Crippen LogP contribution in [0.25, 0.3) is 99.4 Å². The van der Waals surface area contributed by atoms with Gasteiger partial charge in [-0.3, -0.25) is 4.98 Å². The van der Waals surface area contributed by atoms with Crippen molar-refractivity contribution in [1.29, 1.82) is 0 Å². The molecule has 4 heterocycles. The van der Waals surface area contributed by atoms with Crippen LogP contribution >= 0.6 is 11.3 Å². The second kappa shape index (κ2) is 14.0. The van der Waals surface area contributed by atoms with Gasteiger partial charge in [-0.05, 0) is 41.5 Å². The van der Waals surface area contributed by atoms with Gasteiger partial charge in [-0.15, -0.1) is 11.3 Å². The van der Waals surface area contributed by atoms with Crippen LogP contribution in [-0.4, -0.2) is 29.9 Å². The van der Waals surface area contributed by atoms with E-state index in [1.807, 2.05) is 115 Å². The summed E-state index contributed by atoms with van der Waals surface area (Å²) in [6.45, 7) is 0. The summed E-state index contributed by atoms with van der Waals surface area (Å²) >= 11 is 1.77. The lowest BCUT2D eigenvalue weighted by Crippen LogP contribution is -2.00. The summed E-state index contributed by atoms with van der Waals surface area (Å²) in [7, 11) is 0. The number of thiophene rings is 1. The molecule has 0 amide bonds. The van der Waals surface area contributed by atoms with Crippen LogP contribution in [0.4, 0.5) is 0 Å². The van der Waals surface area contributed by atoms with E-state index in [-0.39, 0.29) is 0 Å². The first-order valence-corrected chi connectivity index (χ1v) is 18.8. The molecule has 0 aliphatic rings. The Bertz CT molecular complexity index is 2840. The molecule has 0 saturated heterocycles. The molecular formula is C48H30N6S. The van der Waals surface area contributed by atoms with Gasteiger partial charge in [-0.1, -0.05) is 140 Å². The SMILES string of the molecule is c1ccc(-c2nc(-c3ccc(-c4cccc5sc6c(-c7nc(-c8ccccc8)nc(-c8ccccc8)n7)cccc6c45)cc3)cc(-c3cccnc3)n2)cc1. The number of benzene rings is 6. The normalized spacial score (nSPS) is 11.3. The molecule has 4 aromatic heterocycles. The topological polar surface area (TPSA) is 77.3 Å². The minimum absolute atomic E-state index is 0.649. The van der Waals surface area contributed by atoms with Crippen molar-refractivity contribution < 1.29 is 0 Å². The summed E-state index contributed by atoms with van der Waals surface area (Å²) in [5.74, 6) is 2.63. The van der Waals surface area contributed by atoms with Crippen molar-refractivity contribution in [3.05, 3.63) is 182 Å². The molecule has 0 radical (unpaired) electrons. The monoisotopic (exact) mass is 722 g/mol. The van der Waals surface area contributed by atoms with Crippen molar-refractivity contribution in [3.63, 3.8) is 0 Å². The second-order valence-corrected chi connectivity index (χ2v) is 14.2. The molecule has 0 atom stereocenters. The van der Waals surface area contributed by atoms with E-state index in [1.165, 1.54) is 21.0 Å². The molecule has 0 N–H and O–H groups in total. The largest absolute Gasteiger partial charge is 0.264 e. The lowest BCUT2D eigenvalue weighted by Gasteiger charge is -2.10. The fourth-order valence-corrected chi connectivity index (χ4v) is 8.23. The average Bonchev–Trinajstić information content (AvgIpc) is 3.67. The first-order valence-electron chi connectivity index (χ1n) is 18.0. The van der Waals surface area contributed by atoms with Gasteiger partial charge in [0.1, 0.15) is 0 Å². The van der Waals surface area contributed by atoms with Crippen LogP contribution in [0.1, 0.15) is 0 Å². The van der Waals surface area contributed by atoms with E-state index < -0.39 is 0 Å². The fourth-order valence-electron chi connectivity index (χ4n) is 6.99. The van der Waals surface area contributed by atoms with Gasteiger partial charge in [0.05, 0.1) is 11.4 Å². The van der Waals surface area contributed by atoms with Gasteiger partial charge in [0.2, 0.25) is 0 Å². The van der Waals surface area contributed by atoms with Crippen LogP contribution in [0.3, 0.4) is 0 Å². The highest BCUT2D eigenvalue weighted by Gasteiger charge is 2.19. The summed E-state index contributed by atoms with van der Waals surface area (Å²) in [6, 6.07) is 58.0. The van der Waals surface area contributed by atoms with Gasteiger partial charge in [0.15, 0.2) is 23.3 Å². The number of aromatic nitrogens is 6. The summed E-state index contributed by atoms with van der Waals surface area (Å²) in [4.78, 5) is 29.3. The molecule has 7 heteroatoms. The fraction of sp³-hybridized carbons (Fsp3) is 0. The molecule has 55 heavy (non-hydrogen) atoms. The highest BCUT2D eigenvalue weighted by atomic mass is 32.1. The van der Waals surface area contributed by atoms with Crippen LogP contribution in [-0.2, 0) is 0 Å². The third-order valence-electron chi connectivity index (χ3n) is 9.67. The Kier molecular flexibility index (Phi) is 8.24. The van der Waals surface area contributed by atoms with Crippen molar-refractivity contribution in [2.75, 3.05) is 0 Å². The summed E-state index contributed by atoms with van der Waals surface area (Å²) in [6.07, 6.45) is 3.61. The van der Waals surface area contributed by atoms with E-state index in [1.54, 1.807) is 17.5 Å². The number of pyridine rings is 1. The zero-order valence-corrected chi connectivity index (χ0v) is 30.2. The van der Waals surface area contributed by atoms with E-state index in [0.29, 0.717) is 23.3 Å². The molecule has 0 fully saturated rings. The molecule has 6 aromatic carbocycles. The van der Waals surface area contributed by atoms with Crippen LogP contribution < -0.4 is 0 Å². The maximum absolute atomic E-state index is 5.06. The van der Waals surface area contributed by atoms with Crippen LogP contribution in [0.15, 0.2) is 182 Å². The summed E-state index contributed by atoms with van der Waals surface area (Å²) in [5.41, 5.74) is 9.78. The predicted octanol–water partition coefficient (Wildman–Crippen LogP) is 12.1. The van der Waals surface area contributed by atoms with E-state index in [0.717, 1.165) is 55.0 Å². The van der Waals surface area contributed by atoms with E-state index >= 15 is 0 Å². The number of hydrogen-bond acceptors (Lipinski definition) is 7.